The van der Waals surface area contributed by atoms with Gasteiger partial charge in [-0.05, 0) is 25.3 Å². The van der Waals surface area contributed by atoms with Crippen LogP contribution in [-0.4, -0.2) is 39.1 Å². The number of aromatic nitrogens is 3. The van der Waals surface area contributed by atoms with E-state index in [1.54, 1.807) is 35.2 Å². The predicted octanol–water partition coefficient (Wildman–Crippen LogP) is 2.28. The number of nitrogens with one attached hydrogen (secondary N) is 1. The summed E-state index contributed by atoms with van der Waals surface area (Å²) in [7, 11) is 0. The van der Waals surface area contributed by atoms with Crippen LogP contribution in [0, 0.1) is 6.92 Å². The van der Waals surface area contributed by atoms with Crippen LogP contribution in [-0.2, 0) is 11.2 Å². The van der Waals surface area contributed by atoms with Crippen LogP contribution in [0.3, 0.4) is 0 Å². The number of amides is 1. The van der Waals surface area contributed by atoms with E-state index in [2.05, 4.69) is 10.1 Å². The Bertz CT molecular complexity index is 710. The highest BCUT2D eigenvalue weighted by atomic mass is 19.4. The first kappa shape index (κ1) is 17.1. The zero-order chi connectivity index (χ0) is 17.3. The molecule has 0 bridgehead atoms. The van der Waals surface area contributed by atoms with Crippen molar-refractivity contribution in [2.45, 2.75) is 31.9 Å². The molecule has 2 rings (SSSR count). The second-order valence-electron chi connectivity index (χ2n) is 4.98. The van der Waals surface area contributed by atoms with Gasteiger partial charge in [0.1, 0.15) is 0 Å². The lowest BCUT2D eigenvalue weighted by molar-refractivity contribution is -0.269. The average molecular weight is 336 g/mol. The Morgan fingerprint density at radius 2 is 2.00 bits per heavy atom. The fraction of sp³-hybridized carbons (Fsp3) is 0.462. The molecule has 5 nitrogen and oxygen atoms in total. The Hall–Kier alpha value is -2.26. The van der Waals surface area contributed by atoms with E-state index in [0.717, 1.165) is 11.3 Å². The zero-order valence-electron chi connectivity index (χ0n) is 12.0. The molecule has 0 fully saturated rings. The molecule has 0 aromatic carbocycles. The van der Waals surface area contributed by atoms with E-state index in [4.69, 9.17) is 0 Å². The molecule has 2 heterocycles. The van der Waals surface area contributed by atoms with E-state index in [1.807, 2.05) is 0 Å². The number of halogens is 5. The third-order valence-corrected chi connectivity index (χ3v) is 3.06. The number of alkyl halides is 5. The van der Waals surface area contributed by atoms with Crippen molar-refractivity contribution < 1.29 is 26.7 Å². The summed E-state index contributed by atoms with van der Waals surface area (Å²) in [5.41, 5.74) is 2.14. The Morgan fingerprint density at radius 1 is 1.30 bits per heavy atom. The van der Waals surface area contributed by atoms with Crippen LogP contribution in [0.1, 0.15) is 17.7 Å². The smallest absolute Gasteiger partial charge is 0.351 e. The fourth-order valence-electron chi connectivity index (χ4n) is 1.90. The highest BCUT2D eigenvalue weighted by Crippen LogP contribution is 2.35. The van der Waals surface area contributed by atoms with Crippen molar-refractivity contribution in [2.24, 2.45) is 0 Å². The summed E-state index contributed by atoms with van der Waals surface area (Å²) < 4.78 is 62.9. The summed E-state index contributed by atoms with van der Waals surface area (Å²) in [4.78, 5) is 15.0. The second kappa shape index (κ2) is 6.09. The molecule has 0 atom stereocenters. The van der Waals surface area contributed by atoms with Gasteiger partial charge in [-0.25, -0.2) is 9.50 Å². The Balaban J connectivity index is 1.86. The number of carbonyl (C=O) groups excluding carboxylic acids is 1. The van der Waals surface area contributed by atoms with Crippen molar-refractivity contribution in [3.63, 3.8) is 0 Å². The van der Waals surface area contributed by atoms with Crippen molar-refractivity contribution in [3.8, 4) is 0 Å². The van der Waals surface area contributed by atoms with Crippen LogP contribution < -0.4 is 5.32 Å². The number of fused-ring (bicyclic) bond motifs is 1. The molecule has 1 amide bonds. The summed E-state index contributed by atoms with van der Waals surface area (Å²) in [5, 5.41) is 5.74. The van der Waals surface area contributed by atoms with Crippen LogP contribution in [0.2, 0.25) is 0 Å². The zero-order valence-corrected chi connectivity index (χ0v) is 12.0. The molecule has 10 heteroatoms. The van der Waals surface area contributed by atoms with Gasteiger partial charge in [0.25, 0.3) is 5.91 Å². The highest BCUT2D eigenvalue weighted by molar-refractivity contribution is 5.84. The molecule has 2 aromatic rings. The first-order chi connectivity index (χ1) is 10.6. The average Bonchev–Trinajstić information content (AvgIpc) is 2.81. The van der Waals surface area contributed by atoms with Crippen LogP contribution >= 0.6 is 0 Å². The molecule has 0 unspecified atom stereocenters. The maximum absolute atomic E-state index is 12.7. The Labute approximate surface area is 127 Å². The SMILES string of the molecule is Cc1cc2ncc(CCCNC(=O)C(F)(F)C(F)(F)F)cn2n1. The molecule has 0 spiro atoms. The Kier molecular flexibility index (Phi) is 4.53. The fourth-order valence-corrected chi connectivity index (χ4v) is 1.90. The minimum atomic E-state index is -5.90. The first-order valence-corrected chi connectivity index (χ1v) is 6.65. The monoisotopic (exact) mass is 336 g/mol. The van der Waals surface area contributed by atoms with Crippen LogP contribution in [0.15, 0.2) is 18.5 Å². The summed E-state index contributed by atoms with van der Waals surface area (Å²) in [6.45, 7) is 1.49. The van der Waals surface area contributed by atoms with Gasteiger partial charge >= 0.3 is 12.1 Å². The summed E-state index contributed by atoms with van der Waals surface area (Å²) >= 11 is 0. The summed E-state index contributed by atoms with van der Waals surface area (Å²) in [5.74, 6) is -7.73. The second-order valence-corrected chi connectivity index (χ2v) is 4.98. The van der Waals surface area contributed by atoms with Crippen molar-refractivity contribution in [2.75, 3.05) is 6.54 Å². The lowest BCUT2D eigenvalue weighted by atomic mass is 10.2. The minimum Gasteiger partial charge on any atom is -0.351 e. The molecular formula is C13H13F5N4O. The number of rotatable bonds is 5. The largest absolute Gasteiger partial charge is 0.463 e. The quantitative estimate of drug-likeness (QED) is 0.673. The van der Waals surface area contributed by atoms with Crippen molar-refractivity contribution >= 4 is 11.6 Å². The van der Waals surface area contributed by atoms with Gasteiger partial charge in [0.05, 0.1) is 5.69 Å². The third-order valence-electron chi connectivity index (χ3n) is 3.06. The molecule has 0 aliphatic heterocycles. The van der Waals surface area contributed by atoms with Gasteiger partial charge in [-0.2, -0.15) is 27.1 Å². The van der Waals surface area contributed by atoms with E-state index in [1.165, 1.54) is 0 Å². The number of aryl methyl sites for hydroxylation is 2. The predicted molar refractivity (Wildman–Crippen MR) is 70.1 cm³/mol. The topological polar surface area (TPSA) is 59.3 Å². The maximum Gasteiger partial charge on any atom is 0.463 e. The van der Waals surface area contributed by atoms with Gasteiger partial charge in [0, 0.05) is 25.0 Å². The molecule has 0 radical (unpaired) electrons. The van der Waals surface area contributed by atoms with Crippen molar-refractivity contribution in [1.29, 1.82) is 0 Å². The first-order valence-electron chi connectivity index (χ1n) is 6.65. The molecule has 0 saturated heterocycles. The van der Waals surface area contributed by atoms with E-state index in [0.29, 0.717) is 12.1 Å². The van der Waals surface area contributed by atoms with Gasteiger partial charge in [0.2, 0.25) is 0 Å². The number of hydrogen-bond acceptors (Lipinski definition) is 3. The maximum atomic E-state index is 12.7. The van der Waals surface area contributed by atoms with E-state index in [-0.39, 0.29) is 13.0 Å². The molecule has 1 N–H and O–H groups in total. The van der Waals surface area contributed by atoms with E-state index < -0.39 is 18.0 Å². The minimum absolute atomic E-state index is 0.188. The standard InChI is InChI=1S/C13H13F5N4O/c1-8-5-10-20-6-9(7-22(10)21-8)3-2-4-19-11(23)12(14,15)13(16,17)18/h5-7H,2-4H2,1H3,(H,19,23). The number of nitrogens with zero attached hydrogens (tertiary/aromatic N) is 3. The summed E-state index contributed by atoms with van der Waals surface area (Å²) in [6.07, 6.45) is -2.12. The van der Waals surface area contributed by atoms with Gasteiger partial charge in [-0.3, -0.25) is 4.79 Å². The third kappa shape index (κ3) is 3.74. The molecule has 0 aliphatic rings. The highest BCUT2D eigenvalue weighted by Gasteiger charge is 2.63. The lowest BCUT2D eigenvalue weighted by Gasteiger charge is -2.18. The van der Waals surface area contributed by atoms with Gasteiger partial charge in [-0.1, -0.05) is 0 Å². The molecule has 0 aliphatic carbocycles. The van der Waals surface area contributed by atoms with E-state index >= 15 is 0 Å². The van der Waals surface area contributed by atoms with E-state index in [9.17, 15) is 26.7 Å². The lowest BCUT2D eigenvalue weighted by Crippen LogP contribution is -2.50. The number of carbonyl (C=O) groups is 1. The number of hydrogen-bond donors (Lipinski definition) is 1. The van der Waals surface area contributed by atoms with Crippen molar-refractivity contribution in [3.05, 3.63) is 29.7 Å². The summed E-state index contributed by atoms with van der Waals surface area (Å²) in [6, 6.07) is 1.77. The molecule has 126 valence electrons. The normalized spacial score (nSPS) is 12.6. The molecule has 23 heavy (non-hydrogen) atoms. The van der Waals surface area contributed by atoms with Crippen molar-refractivity contribution in [1.82, 2.24) is 19.9 Å². The molecular weight excluding hydrogens is 323 g/mol. The van der Waals surface area contributed by atoms with Gasteiger partial charge in [0.15, 0.2) is 5.65 Å². The Morgan fingerprint density at radius 3 is 2.65 bits per heavy atom. The molecule has 0 saturated carbocycles. The van der Waals surface area contributed by atoms with Gasteiger partial charge < -0.3 is 5.32 Å². The van der Waals surface area contributed by atoms with Crippen LogP contribution in [0.5, 0.6) is 0 Å². The van der Waals surface area contributed by atoms with Gasteiger partial charge in [-0.15, -0.1) is 0 Å². The van der Waals surface area contributed by atoms with Crippen LogP contribution in [0.4, 0.5) is 22.0 Å². The van der Waals surface area contributed by atoms with Crippen LogP contribution in [0.25, 0.3) is 5.65 Å². The molecule has 2 aromatic heterocycles.